The molecule has 1 aliphatic rings. The first kappa shape index (κ1) is 14.9. The minimum Gasteiger partial charge on any atom is -0.377 e. The second kappa shape index (κ2) is 6.45. The number of hydrogen-bond acceptors (Lipinski definition) is 5. The van der Waals surface area contributed by atoms with E-state index in [1.54, 1.807) is 11.8 Å². The topological polar surface area (TPSA) is 52.8 Å². The van der Waals surface area contributed by atoms with E-state index in [4.69, 9.17) is 9.72 Å². The van der Waals surface area contributed by atoms with Crippen LogP contribution in [0, 0.1) is 0 Å². The van der Waals surface area contributed by atoms with Crippen LogP contribution in [-0.4, -0.2) is 38.2 Å². The molecule has 120 valence electrons. The molecule has 0 saturated carbocycles. The predicted molar refractivity (Wildman–Crippen MR) is 92.8 cm³/mol. The van der Waals surface area contributed by atoms with Gasteiger partial charge in [-0.2, -0.15) is 0 Å². The van der Waals surface area contributed by atoms with Crippen LogP contribution in [0.4, 0.5) is 0 Å². The zero-order valence-electron chi connectivity index (χ0n) is 13.2. The fourth-order valence-corrected chi connectivity index (χ4v) is 3.99. The minimum absolute atomic E-state index is 0.334. The predicted octanol–water partition coefficient (Wildman–Crippen LogP) is 3.66. The number of ether oxygens (including phenoxy) is 1. The molecule has 23 heavy (non-hydrogen) atoms. The Morgan fingerprint density at radius 2 is 2.22 bits per heavy atom. The first-order chi connectivity index (χ1) is 11.4. The van der Waals surface area contributed by atoms with E-state index >= 15 is 0 Å². The summed E-state index contributed by atoms with van der Waals surface area (Å²) in [5, 5.41) is 10.7. The number of aryl methyl sites for hydroxylation is 1. The summed E-state index contributed by atoms with van der Waals surface area (Å²) in [7, 11) is 0. The number of aromatic nitrogens is 4. The van der Waals surface area contributed by atoms with E-state index in [0.29, 0.717) is 6.10 Å². The van der Waals surface area contributed by atoms with Gasteiger partial charge in [0.15, 0.2) is 5.65 Å². The average Bonchev–Trinajstić information content (AvgIpc) is 3.21. The maximum absolute atomic E-state index is 5.67. The maximum Gasteiger partial charge on any atom is 0.211 e. The molecule has 6 heteroatoms. The summed E-state index contributed by atoms with van der Waals surface area (Å²) in [5.41, 5.74) is 3.03. The molecule has 3 heterocycles. The Kier molecular flexibility index (Phi) is 4.18. The van der Waals surface area contributed by atoms with Gasteiger partial charge in [-0.05, 0) is 25.3 Å². The molecule has 1 atom stereocenters. The molecule has 0 spiro atoms. The van der Waals surface area contributed by atoms with E-state index in [9.17, 15) is 0 Å². The summed E-state index contributed by atoms with van der Waals surface area (Å²) < 4.78 is 7.93. The van der Waals surface area contributed by atoms with Crippen LogP contribution in [0.3, 0.4) is 0 Å². The highest BCUT2D eigenvalue weighted by Gasteiger charge is 2.18. The van der Waals surface area contributed by atoms with Gasteiger partial charge in [-0.1, -0.05) is 36.9 Å². The maximum atomic E-state index is 5.67. The van der Waals surface area contributed by atoms with Crippen LogP contribution in [0.5, 0.6) is 0 Å². The first-order valence-electron chi connectivity index (χ1n) is 8.23. The quantitative estimate of drug-likeness (QED) is 0.669. The van der Waals surface area contributed by atoms with Crippen molar-refractivity contribution in [2.75, 3.05) is 12.4 Å². The van der Waals surface area contributed by atoms with Gasteiger partial charge in [-0.3, -0.25) is 0 Å². The van der Waals surface area contributed by atoms with Gasteiger partial charge in [0.2, 0.25) is 5.16 Å². The van der Waals surface area contributed by atoms with Crippen LogP contribution in [0.1, 0.15) is 26.2 Å². The third-order valence-electron chi connectivity index (χ3n) is 4.22. The lowest BCUT2D eigenvalue weighted by molar-refractivity contribution is 0.129. The van der Waals surface area contributed by atoms with Gasteiger partial charge in [0, 0.05) is 24.3 Å². The van der Waals surface area contributed by atoms with E-state index in [1.165, 1.54) is 5.52 Å². The van der Waals surface area contributed by atoms with Crippen LogP contribution in [0.25, 0.3) is 22.1 Å². The molecule has 0 N–H and O–H groups in total. The third kappa shape index (κ3) is 2.81. The van der Waals surface area contributed by atoms with Gasteiger partial charge in [0.1, 0.15) is 5.52 Å². The molecule has 0 amide bonds. The molecule has 0 radical (unpaired) electrons. The number of para-hydroxylation sites is 1. The summed E-state index contributed by atoms with van der Waals surface area (Å²) in [6, 6.07) is 8.33. The largest absolute Gasteiger partial charge is 0.377 e. The summed E-state index contributed by atoms with van der Waals surface area (Å²) >= 11 is 1.65. The van der Waals surface area contributed by atoms with E-state index in [-0.39, 0.29) is 0 Å². The number of fused-ring (bicyclic) bond motifs is 3. The Hall–Kier alpha value is -1.66. The van der Waals surface area contributed by atoms with Gasteiger partial charge in [0.25, 0.3) is 0 Å². The van der Waals surface area contributed by atoms with Crippen molar-refractivity contribution in [2.45, 2.75) is 44.0 Å². The molecule has 1 saturated heterocycles. The van der Waals surface area contributed by atoms with Gasteiger partial charge in [-0.25, -0.2) is 4.98 Å². The van der Waals surface area contributed by atoms with Crippen LogP contribution in [0.15, 0.2) is 29.4 Å². The molecule has 1 aromatic carbocycles. The molecular formula is C17H20N4OS. The summed E-state index contributed by atoms with van der Waals surface area (Å²) in [6.07, 6.45) is 3.70. The van der Waals surface area contributed by atoms with E-state index in [2.05, 4.69) is 39.9 Å². The Balaban J connectivity index is 1.71. The molecular weight excluding hydrogens is 308 g/mol. The van der Waals surface area contributed by atoms with Gasteiger partial charge < -0.3 is 9.30 Å². The van der Waals surface area contributed by atoms with Crippen LogP contribution in [-0.2, 0) is 11.3 Å². The minimum atomic E-state index is 0.334. The van der Waals surface area contributed by atoms with Crippen molar-refractivity contribution in [1.82, 2.24) is 19.7 Å². The van der Waals surface area contributed by atoms with E-state index in [1.807, 2.05) is 6.07 Å². The average molecular weight is 328 g/mol. The van der Waals surface area contributed by atoms with Crippen molar-refractivity contribution < 1.29 is 4.74 Å². The fourth-order valence-electron chi connectivity index (χ4n) is 3.14. The van der Waals surface area contributed by atoms with Crippen molar-refractivity contribution >= 4 is 33.8 Å². The summed E-state index contributed by atoms with van der Waals surface area (Å²) in [4.78, 5) is 4.79. The van der Waals surface area contributed by atoms with Crippen LogP contribution < -0.4 is 0 Å². The standard InChI is InChI=1S/C17H20N4OS/c1-2-9-21-14-8-4-3-7-13(14)15-16(21)18-17(20-19-15)23-11-12-6-5-10-22-12/h3-4,7-8,12H,2,5-6,9-11H2,1H3. The highest BCUT2D eigenvalue weighted by Crippen LogP contribution is 2.28. The first-order valence-corrected chi connectivity index (χ1v) is 9.21. The zero-order valence-corrected chi connectivity index (χ0v) is 14.1. The smallest absolute Gasteiger partial charge is 0.211 e. The third-order valence-corrected chi connectivity index (χ3v) is 5.19. The molecule has 5 nitrogen and oxygen atoms in total. The number of rotatable bonds is 5. The Morgan fingerprint density at radius 1 is 1.30 bits per heavy atom. The fraction of sp³-hybridized carbons (Fsp3) is 0.471. The van der Waals surface area contributed by atoms with E-state index < -0.39 is 0 Å². The Bertz CT molecular complexity index is 826. The molecule has 0 aliphatic carbocycles. The molecule has 4 rings (SSSR count). The second-order valence-electron chi connectivity index (χ2n) is 5.88. The van der Waals surface area contributed by atoms with Gasteiger partial charge >= 0.3 is 0 Å². The van der Waals surface area contributed by atoms with Crippen LogP contribution >= 0.6 is 11.8 Å². The lowest BCUT2D eigenvalue weighted by Gasteiger charge is -2.07. The highest BCUT2D eigenvalue weighted by atomic mass is 32.2. The van der Waals surface area contributed by atoms with Crippen molar-refractivity contribution in [2.24, 2.45) is 0 Å². The van der Waals surface area contributed by atoms with Gasteiger partial charge in [-0.15, -0.1) is 10.2 Å². The highest BCUT2D eigenvalue weighted by molar-refractivity contribution is 7.99. The molecule has 0 bridgehead atoms. The number of nitrogens with zero attached hydrogens (tertiary/aromatic N) is 4. The SMILES string of the molecule is CCCn1c2ccccc2c2nnc(SCC3CCCO3)nc21. The Labute approximate surface area is 139 Å². The van der Waals surface area contributed by atoms with Crippen molar-refractivity contribution in [3.8, 4) is 0 Å². The van der Waals surface area contributed by atoms with E-state index in [0.717, 1.165) is 59.9 Å². The second-order valence-corrected chi connectivity index (χ2v) is 6.87. The Morgan fingerprint density at radius 3 is 3.04 bits per heavy atom. The van der Waals surface area contributed by atoms with Crippen molar-refractivity contribution in [3.63, 3.8) is 0 Å². The molecule has 1 aliphatic heterocycles. The summed E-state index contributed by atoms with van der Waals surface area (Å²) in [6.45, 7) is 4.01. The molecule has 1 fully saturated rings. The number of hydrogen-bond donors (Lipinski definition) is 0. The molecule has 1 unspecified atom stereocenters. The van der Waals surface area contributed by atoms with Crippen molar-refractivity contribution in [1.29, 1.82) is 0 Å². The van der Waals surface area contributed by atoms with Crippen LogP contribution in [0.2, 0.25) is 0 Å². The summed E-state index contributed by atoms with van der Waals surface area (Å²) in [5.74, 6) is 0.904. The number of benzene rings is 1. The monoisotopic (exact) mass is 328 g/mol. The normalized spacial score (nSPS) is 18.2. The molecule has 3 aromatic rings. The lowest BCUT2D eigenvalue weighted by Crippen LogP contribution is -2.08. The zero-order chi connectivity index (χ0) is 15.6. The lowest BCUT2D eigenvalue weighted by atomic mass is 10.2. The molecule has 2 aromatic heterocycles. The van der Waals surface area contributed by atoms with Crippen molar-refractivity contribution in [3.05, 3.63) is 24.3 Å². The van der Waals surface area contributed by atoms with Gasteiger partial charge in [0.05, 0.1) is 11.6 Å². The number of thioether (sulfide) groups is 1.